The van der Waals surface area contributed by atoms with E-state index in [0.717, 1.165) is 24.0 Å². The summed E-state index contributed by atoms with van der Waals surface area (Å²) in [5.74, 6) is -0.0128. The number of benzene rings is 2. The molecule has 0 saturated carbocycles. The zero-order valence-electron chi connectivity index (χ0n) is 18.1. The first-order chi connectivity index (χ1) is 16.0. The van der Waals surface area contributed by atoms with Gasteiger partial charge in [-0.15, -0.1) is 10.2 Å². The number of rotatable bonds is 13. The second kappa shape index (κ2) is 13.2. The van der Waals surface area contributed by atoms with Crippen LogP contribution in [0.4, 0.5) is 4.39 Å². The summed E-state index contributed by atoms with van der Waals surface area (Å²) in [5.41, 5.74) is 2.40. The van der Waals surface area contributed by atoms with E-state index in [2.05, 4.69) is 20.0 Å². The molecule has 2 atom stereocenters. The van der Waals surface area contributed by atoms with Gasteiger partial charge in [-0.3, -0.25) is 4.57 Å². The highest BCUT2D eigenvalue weighted by Crippen LogP contribution is 2.40. The van der Waals surface area contributed by atoms with Crippen LogP contribution in [0.5, 0.6) is 0 Å². The summed E-state index contributed by atoms with van der Waals surface area (Å²) in [6, 6.07) is 12.7. The van der Waals surface area contributed by atoms with E-state index >= 15 is 0 Å². The van der Waals surface area contributed by atoms with Crippen molar-refractivity contribution in [3.05, 3.63) is 64.4 Å². The Morgan fingerprint density at radius 2 is 2.06 bits per heavy atom. The van der Waals surface area contributed by atoms with Crippen molar-refractivity contribution >= 4 is 31.6 Å². The quantitative estimate of drug-likeness (QED) is 0.162. The summed E-state index contributed by atoms with van der Waals surface area (Å²) >= 11 is 7.29. The van der Waals surface area contributed by atoms with E-state index in [9.17, 15) is 8.96 Å². The van der Waals surface area contributed by atoms with Gasteiger partial charge >= 0.3 is 8.25 Å². The maximum absolute atomic E-state index is 14.5. The third kappa shape index (κ3) is 7.91. The lowest BCUT2D eigenvalue weighted by molar-refractivity contribution is 0.276. The van der Waals surface area contributed by atoms with Gasteiger partial charge in [-0.25, -0.2) is 4.39 Å². The average molecular weight is 514 g/mol. The number of hydrogen-bond acceptors (Lipinski definition) is 7. The molecule has 3 rings (SSSR count). The third-order valence-corrected chi connectivity index (χ3v) is 6.67. The molecule has 0 fully saturated rings. The number of aromatic nitrogens is 2. The Balaban J connectivity index is 1.57. The van der Waals surface area contributed by atoms with Crippen LogP contribution in [-0.2, 0) is 15.6 Å². The van der Waals surface area contributed by atoms with Gasteiger partial charge in [-0.05, 0) is 43.1 Å². The van der Waals surface area contributed by atoms with E-state index < -0.39 is 14.1 Å². The molecule has 178 valence electrons. The first kappa shape index (κ1) is 25.9. The van der Waals surface area contributed by atoms with Crippen LogP contribution in [0, 0.1) is 5.82 Å². The Kier molecular flexibility index (Phi) is 10.4. The van der Waals surface area contributed by atoms with Crippen LogP contribution in [0.2, 0.25) is 5.02 Å². The highest BCUT2D eigenvalue weighted by Gasteiger charge is 2.21. The normalized spacial score (nSPS) is 13.2. The van der Waals surface area contributed by atoms with E-state index in [-0.39, 0.29) is 16.9 Å². The second-order valence-electron chi connectivity index (χ2n) is 7.25. The summed E-state index contributed by atoms with van der Waals surface area (Å²) in [6.07, 6.45) is 2.26. The molecule has 3 aromatic rings. The topological polar surface area (TPSA) is 97.5 Å². The first-order valence-corrected chi connectivity index (χ1v) is 13.1. The minimum Gasteiger partial charge on any atom is -0.411 e. The van der Waals surface area contributed by atoms with Crippen molar-refractivity contribution in [1.29, 1.82) is 0 Å². The largest absolute Gasteiger partial charge is 0.411 e. The van der Waals surface area contributed by atoms with Crippen molar-refractivity contribution in [2.75, 3.05) is 13.2 Å². The SMILES string of the molecule is CCCC(Sc1nnc(-c2ccc(CNCCCO[PH](=O)O)cc2)o1)c1cccc(Cl)c1F. The highest BCUT2D eigenvalue weighted by molar-refractivity contribution is 7.99. The van der Waals surface area contributed by atoms with Gasteiger partial charge in [0, 0.05) is 22.9 Å². The average Bonchev–Trinajstić information content (AvgIpc) is 3.26. The van der Waals surface area contributed by atoms with E-state index in [0.29, 0.717) is 36.2 Å². The molecular formula is C22H26ClFN3O4PS. The number of thioether (sulfide) groups is 1. The standard InChI is InChI=1S/C22H26ClFN3O4PS/c1-2-5-19(17-6-3-7-18(23)20(17)24)33-22-27-26-21(31-22)16-10-8-15(9-11-16)14-25-12-4-13-30-32(28)29/h3,6-11,19,25,32H,2,4-5,12-14H2,1H3,(H,28,29). The summed E-state index contributed by atoms with van der Waals surface area (Å²) in [7, 11) is -2.85. The van der Waals surface area contributed by atoms with Crippen molar-refractivity contribution in [1.82, 2.24) is 15.5 Å². The lowest BCUT2D eigenvalue weighted by atomic mass is 10.1. The molecule has 0 bridgehead atoms. The van der Waals surface area contributed by atoms with Crippen molar-refractivity contribution in [2.24, 2.45) is 0 Å². The van der Waals surface area contributed by atoms with Crippen molar-refractivity contribution in [2.45, 2.75) is 43.2 Å². The van der Waals surface area contributed by atoms with E-state index in [1.807, 2.05) is 31.2 Å². The van der Waals surface area contributed by atoms with E-state index in [1.54, 1.807) is 12.1 Å². The minimum atomic E-state index is -2.85. The molecule has 2 N–H and O–H groups in total. The van der Waals surface area contributed by atoms with Gasteiger partial charge in [-0.2, -0.15) is 0 Å². The van der Waals surface area contributed by atoms with Crippen LogP contribution in [0.15, 0.2) is 52.1 Å². The lowest BCUT2D eigenvalue weighted by Crippen LogP contribution is -2.15. The Labute approximate surface area is 202 Å². The molecule has 2 aromatic carbocycles. The monoisotopic (exact) mass is 513 g/mol. The number of halogens is 2. The molecule has 0 radical (unpaired) electrons. The number of hydrogen-bond donors (Lipinski definition) is 2. The maximum Gasteiger partial charge on any atom is 0.316 e. The molecular weight excluding hydrogens is 488 g/mol. The fourth-order valence-corrected chi connectivity index (χ4v) is 4.78. The zero-order chi connectivity index (χ0) is 23.6. The van der Waals surface area contributed by atoms with Gasteiger partial charge in [0.2, 0.25) is 5.89 Å². The van der Waals surface area contributed by atoms with Crippen LogP contribution >= 0.6 is 31.6 Å². The molecule has 11 heteroatoms. The smallest absolute Gasteiger partial charge is 0.316 e. The van der Waals surface area contributed by atoms with Gasteiger partial charge in [0.1, 0.15) is 5.82 Å². The second-order valence-corrected chi connectivity index (χ2v) is 9.63. The van der Waals surface area contributed by atoms with Crippen LogP contribution in [0.1, 0.15) is 42.6 Å². The Bertz CT molecular complexity index is 1050. The summed E-state index contributed by atoms with van der Waals surface area (Å²) in [6.45, 7) is 3.62. The highest BCUT2D eigenvalue weighted by atomic mass is 35.5. The van der Waals surface area contributed by atoms with E-state index in [4.69, 9.17) is 20.9 Å². The molecule has 0 amide bonds. The number of nitrogens with one attached hydrogen (secondary N) is 1. The van der Waals surface area contributed by atoms with E-state index in [1.165, 1.54) is 17.8 Å². The third-order valence-electron chi connectivity index (χ3n) is 4.78. The summed E-state index contributed by atoms with van der Waals surface area (Å²) < 4.78 is 35.5. The fraction of sp³-hybridized carbons (Fsp3) is 0.364. The Hall–Kier alpha value is -1.74. The molecule has 1 aromatic heterocycles. The van der Waals surface area contributed by atoms with Crippen molar-refractivity contribution in [3.8, 4) is 11.5 Å². The lowest BCUT2D eigenvalue weighted by Gasteiger charge is -2.15. The van der Waals surface area contributed by atoms with Crippen molar-refractivity contribution < 1.29 is 22.8 Å². The molecule has 0 aliphatic carbocycles. The molecule has 1 heterocycles. The summed E-state index contributed by atoms with van der Waals surface area (Å²) in [4.78, 5) is 8.61. The van der Waals surface area contributed by atoms with Gasteiger partial charge in [-0.1, -0.05) is 61.0 Å². The van der Waals surface area contributed by atoms with Gasteiger partial charge in [0.15, 0.2) is 0 Å². The summed E-state index contributed by atoms with van der Waals surface area (Å²) in [5, 5.41) is 11.8. The number of nitrogens with zero attached hydrogens (tertiary/aromatic N) is 2. The van der Waals surface area contributed by atoms with Crippen LogP contribution < -0.4 is 5.32 Å². The predicted octanol–water partition coefficient (Wildman–Crippen LogP) is 6.04. The van der Waals surface area contributed by atoms with Crippen LogP contribution in [-0.4, -0.2) is 28.2 Å². The predicted molar refractivity (Wildman–Crippen MR) is 128 cm³/mol. The molecule has 0 aliphatic rings. The van der Waals surface area contributed by atoms with Crippen LogP contribution in [0.25, 0.3) is 11.5 Å². The Morgan fingerprint density at radius 3 is 2.79 bits per heavy atom. The molecule has 0 saturated heterocycles. The zero-order valence-corrected chi connectivity index (χ0v) is 20.7. The van der Waals surface area contributed by atoms with Crippen LogP contribution in [0.3, 0.4) is 0 Å². The van der Waals surface area contributed by atoms with Gasteiger partial charge < -0.3 is 19.2 Å². The van der Waals surface area contributed by atoms with Crippen molar-refractivity contribution in [3.63, 3.8) is 0 Å². The fourth-order valence-electron chi connectivity index (χ4n) is 3.16. The van der Waals surface area contributed by atoms with Gasteiger partial charge in [0.25, 0.3) is 5.22 Å². The maximum atomic E-state index is 14.5. The van der Waals surface area contributed by atoms with Gasteiger partial charge in [0.05, 0.1) is 11.6 Å². The minimum absolute atomic E-state index is 0.103. The Morgan fingerprint density at radius 1 is 1.27 bits per heavy atom. The molecule has 7 nitrogen and oxygen atoms in total. The molecule has 33 heavy (non-hydrogen) atoms. The molecule has 0 aliphatic heterocycles. The molecule has 2 unspecified atom stereocenters. The first-order valence-electron chi connectivity index (χ1n) is 10.6. The molecule has 0 spiro atoms.